The lowest BCUT2D eigenvalue weighted by Crippen LogP contribution is -2.54. The zero-order valence-corrected chi connectivity index (χ0v) is 19.7. The molecule has 3 rings (SSSR count). The number of hydrogen-bond acceptors (Lipinski definition) is 5. The lowest BCUT2D eigenvalue weighted by molar-refractivity contribution is -0.148. The second-order valence-corrected chi connectivity index (χ2v) is 8.18. The standard InChI is InChI=1S/C25H30N2O5.ClH/c1-17(26-22(25(31)32-2)13-12-18-8-4-3-5-9-18)24(30)27(16-23(28)29)21-14-19-10-6-7-11-20(19)15-21;/h3-11,17,21-22,26H,12-16H2,1-2H3,(H,28,29);1H/t17-,22?;/m0./s1. The molecular weight excluding hydrogens is 444 g/mol. The molecule has 2 N–H and O–H groups in total. The Bertz CT molecular complexity index is 928. The number of carbonyl (C=O) groups excluding carboxylic acids is 2. The SMILES string of the molecule is COC(=O)C(CCc1ccccc1)N[C@@H](C)C(=O)N(CC(=O)O)C1Cc2ccccc2C1.Cl. The van der Waals surface area contributed by atoms with E-state index in [2.05, 4.69) is 5.32 Å². The van der Waals surface area contributed by atoms with E-state index < -0.39 is 24.0 Å². The number of fused-ring (bicyclic) bond motifs is 1. The van der Waals surface area contributed by atoms with Gasteiger partial charge in [-0.2, -0.15) is 0 Å². The summed E-state index contributed by atoms with van der Waals surface area (Å²) in [5.74, 6) is -1.84. The molecule has 0 saturated carbocycles. The van der Waals surface area contributed by atoms with Gasteiger partial charge >= 0.3 is 11.9 Å². The average molecular weight is 475 g/mol. The molecule has 0 aliphatic heterocycles. The number of halogens is 1. The third-order valence-electron chi connectivity index (χ3n) is 5.93. The summed E-state index contributed by atoms with van der Waals surface area (Å²) in [5, 5.41) is 12.5. The van der Waals surface area contributed by atoms with Gasteiger partial charge in [-0.15, -0.1) is 12.4 Å². The molecule has 7 nitrogen and oxygen atoms in total. The molecule has 0 aromatic heterocycles. The highest BCUT2D eigenvalue weighted by Gasteiger charge is 2.34. The molecule has 0 bridgehead atoms. The van der Waals surface area contributed by atoms with Crippen molar-refractivity contribution in [2.45, 2.75) is 50.7 Å². The van der Waals surface area contributed by atoms with Crippen molar-refractivity contribution in [3.63, 3.8) is 0 Å². The van der Waals surface area contributed by atoms with Gasteiger partial charge in [0.1, 0.15) is 12.6 Å². The number of hydrogen-bond donors (Lipinski definition) is 2. The Balaban J connectivity index is 0.00000385. The van der Waals surface area contributed by atoms with E-state index in [0.717, 1.165) is 16.7 Å². The highest BCUT2D eigenvalue weighted by atomic mass is 35.5. The van der Waals surface area contributed by atoms with Gasteiger partial charge in [0, 0.05) is 6.04 Å². The first-order chi connectivity index (χ1) is 15.4. The number of aryl methyl sites for hydroxylation is 1. The Hall–Kier alpha value is -2.90. The van der Waals surface area contributed by atoms with Crippen LogP contribution in [0.3, 0.4) is 0 Å². The molecule has 0 radical (unpaired) electrons. The summed E-state index contributed by atoms with van der Waals surface area (Å²) in [5.41, 5.74) is 3.35. The molecule has 8 heteroatoms. The van der Waals surface area contributed by atoms with E-state index >= 15 is 0 Å². The first-order valence-corrected chi connectivity index (χ1v) is 10.9. The number of carboxylic acids is 1. The predicted molar refractivity (Wildman–Crippen MR) is 127 cm³/mol. The number of ether oxygens (including phenoxy) is 1. The summed E-state index contributed by atoms with van der Waals surface area (Å²) in [6.45, 7) is 1.29. The van der Waals surface area contributed by atoms with Gasteiger partial charge in [0.05, 0.1) is 13.2 Å². The Morgan fingerprint density at radius 1 is 1.06 bits per heavy atom. The second kappa shape index (κ2) is 12.4. The molecule has 1 unspecified atom stereocenters. The van der Waals surface area contributed by atoms with Crippen LogP contribution in [0.5, 0.6) is 0 Å². The number of methoxy groups -OCH3 is 1. The van der Waals surface area contributed by atoms with Crippen molar-refractivity contribution in [2.75, 3.05) is 13.7 Å². The van der Waals surface area contributed by atoms with Crippen molar-refractivity contribution in [2.24, 2.45) is 0 Å². The molecule has 0 saturated heterocycles. The van der Waals surface area contributed by atoms with Gasteiger partial charge in [0.15, 0.2) is 0 Å². The number of amides is 1. The normalized spacial score (nSPS) is 14.5. The van der Waals surface area contributed by atoms with E-state index in [-0.39, 0.29) is 30.9 Å². The van der Waals surface area contributed by atoms with Gasteiger partial charge in [-0.05, 0) is 49.3 Å². The van der Waals surface area contributed by atoms with Crippen LogP contribution in [0, 0.1) is 0 Å². The molecule has 2 aromatic carbocycles. The number of aliphatic carboxylic acids is 1. The number of carboxylic acid groups (broad SMARTS) is 1. The van der Waals surface area contributed by atoms with E-state index in [9.17, 15) is 19.5 Å². The molecule has 1 aliphatic rings. The molecule has 33 heavy (non-hydrogen) atoms. The van der Waals surface area contributed by atoms with Crippen LogP contribution in [0.4, 0.5) is 0 Å². The largest absolute Gasteiger partial charge is 0.480 e. The van der Waals surface area contributed by atoms with Gasteiger partial charge in [0.25, 0.3) is 0 Å². The van der Waals surface area contributed by atoms with Gasteiger partial charge in [-0.3, -0.25) is 19.7 Å². The number of nitrogens with one attached hydrogen (secondary N) is 1. The lowest BCUT2D eigenvalue weighted by Gasteiger charge is -2.31. The molecular formula is C25H31ClN2O5. The van der Waals surface area contributed by atoms with Crippen molar-refractivity contribution in [3.05, 3.63) is 71.3 Å². The Labute approximate surface area is 200 Å². The van der Waals surface area contributed by atoms with E-state index in [1.807, 2.05) is 54.6 Å². The molecule has 2 aromatic rings. The fourth-order valence-electron chi connectivity index (χ4n) is 4.28. The van der Waals surface area contributed by atoms with E-state index in [1.165, 1.54) is 12.0 Å². The number of rotatable bonds is 10. The van der Waals surface area contributed by atoms with Gasteiger partial charge < -0.3 is 14.7 Å². The molecule has 2 atom stereocenters. The second-order valence-electron chi connectivity index (χ2n) is 8.18. The summed E-state index contributed by atoms with van der Waals surface area (Å²) in [6.07, 6.45) is 2.35. The van der Waals surface area contributed by atoms with Crippen molar-refractivity contribution in [3.8, 4) is 0 Å². The summed E-state index contributed by atoms with van der Waals surface area (Å²) < 4.78 is 4.93. The maximum absolute atomic E-state index is 13.3. The van der Waals surface area contributed by atoms with Gasteiger partial charge in [-0.1, -0.05) is 54.6 Å². The maximum Gasteiger partial charge on any atom is 0.323 e. The van der Waals surface area contributed by atoms with Crippen LogP contribution in [0.25, 0.3) is 0 Å². The molecule has 1 aliphatic carbocycles. The summed E-state index contributed by atoms with van der Waals surface area (Å²) >= 11 is 0. The highest BCUT2D eigenvalue weighted by molar-refractivity contribution is 5.86. The first-order valence-electron chi connectivity index (χ1n) is 10.9. The smallest absolute Gasteiger partial charge is 0.323 e. The van der Waals surface area contributed by atoms with Crippen LogP contribution in [0.2, 0.25) is 0 Å². The fraction of sp³-hybridized carbons (Fsp3) is 0.400. The van der Waals surface area contributed by atoms with Crippen LogP contribution in [-0.2, 0) is 38.4 Å². The van der Waals surface area contributed by atoms with Crippen LogP contribution in [0.1, 0.15) is 30.0 Å². The van der Waals surface area contributed by atoms with Crippen LogP contribution in [-0.4, -0.2) is 59.6 Å². The summed E-state index contributed by atoms with van der Waals surface area (Å²) in [7, 11) is 1.32. The maximum atomic E-state index is 13.3. The molecule has 178 valence electrons. The van der Waals surface area contributed by atoms with Crippen LogP contribution >= 0.6 is 12.4 Å². The van der Waals surface area contributed by atoms with Crippen LogP contribution in [0.15, 0.2) is 54.6 Å². The zero-order chi connectivity index (χ0) is 23.1. The molecule has 0 heterocycles. The number of carbonyl (C=O) groups is 3. The highest BCUT2D eigenvalue weighted by Crippen LogP contribution is 2.26. The molecule has 1 amide bonds. The van der Waals surface area contributed by atoms with Gasteiger partial charge in [-0.25, -0.2) is 0 Å². The van der Waals surface area contributed by atoms with Gasteiger partial charge in [0.2, 0.25) is 5.91 Å². The number of benzene rings is 2. The van der Waals surface area contributed by atoms with E-state index in [0.29, 0.717) is 25.7 Å². The third-order valence-corrected chi connectivity index (χ3v) is 5.93. The van der Waals surface area contributed by atoms with Crippen molar-refractivity contribution >= 4 is 30.3 Å². The first kappa shape index (κ1) is 26.4. The minimum Gasteiger partial charge on any atom is -0.480 e. The molecule has 0 fully saturated rings. The number of esters is 1. The van der Waals surface area contributed by atoms with Crippen molar-refractivity contribution < 1.29 is 24.2 Å². The van der Waals surface area contributed by atoms with E-state index in [4.69, 9.17) is 4.74 Å². The van der Waals surface area contributed by atoms with E-state index in [1.54, 1.807) is 6.92 Å². The van der Waals surface area contributed by atoms with Crippen molar-refractivity contribution in [1.82, 2.24) is 10.2 Å². The third kappa shape index (κ3) is 7.04. The molecule has 0 spiro atoms. The summed E-state index contributed by atoms with van der Waals surface area (Å²) in [6, 6.07) is 16.0. The lowest BCUT2D eigenvalue weighted by atomic mass is 10.0. The minimum absolute atomic E-state index is 0. The predicted octanol–water partition coefficient (Wildman–Crippen LogP) is 2.64. The monoisotopic (exact) mass is 474 g/mol. The summed E-state index contributed by atoms with van der Waals surface area (Å²) in [4.78, 5) is 38.6. The average Bonchev–Trinajstić information content (AvgIpc) is 3.23. The van der Waals surface area contributed by atoms with Crippen LogP contribution < -0.4 is 5.32 Å². The Morgan fingerprint density at radius 3 is 2.18 bits per heavy atom. The fourth-order valence-corrected chi connectivity index (χ4v) is 4.28. The minimum atomic E-state index is -1.06. The number of nitrogens with zero attached hydrogens (tertiary/aromatic N) is 1. The quantitative estimate of drug-likeness (QED) is 0.514. The Morgan fingerprint density at radius 2 is 1.64 bits per heavy atom. The van der Waals surface area contributed by atoms with Crippen molar-refractivity contribution in [1.29, 1.82) is 0 Å². The Kier molecular flexibility index (Phi) is 9.88. The topological polar surface area (TPSA) is 95.9 Å². The zero-order valence-electron chi connectivity index (χ0n) is 18.9.